The summed E-state index contributed by atoms with van der Waals surface area (Å²) in [5.41, 5.74) is 6.74. The normalized spacial score (nSPS) is 10.4. The van der Waals surface area contributed by atoms with Crippen LogP contribution in [-0.2, 0) is 4.74 Å². The molecule has 0 amide bonds. The predicted molar refractivity (Wildman–Crippen MR) is 72.2 cm³/mol. The van der Waals surface area contributed by atoms with Gasteiger partial charge in [-0.2, -0.15) is 0 Å². The molecule has 0 saturated carbocycles. The molecule has 18 heavy (non-hydrogen) atoms. The zero-order valence-corrected chi connectivity index (χ0v) is 11.2. The van der Waals surface area contributed by atoms with Gasteiger partial charge in [0.2, 0.25) is 5.95 Å². The lowest BCUT2D eigenvalue weighted by Crippen LogP contribution is -2.30. The Morgan fingerprint density at radius 2 is 2.17 bits per heavy atom. The lowest BCUT2D eigenvalue weighted by atomic mass is 10.3. The van der Waals surface area contributed by atoms with Gasteiger partial charge in [0.05, 0.1) is 6.61 Å². The van der Waals surface area contributed by atoms with E-state index in [0.29, 0.717) is 24.9 Å². The highest BCUT2D eigenvalue weighted by Gasteiger charge is 2.10. The number of aromatic nitrogens is 2. The molecule has 0 bridgehead atoms. The lowest BCUT2D eigenvalue weighted by molar-refractivity contribution is 0.153. The quantitative estimate of drug-likeness (QED) is 0.427. The van der Waals surface area contributed by atoms with Crippen molar-refractivity contribution >= 4 is 11.8 Å². The van der Waals surface area contributed by atoms with Gasteiger partial charge in [-0.15, -0.1) is 0 Å². The fourth-order valence-electron chi connectivity index (χ4n) is 1.55. The summed E-state index contributed by atoms with van der Waals surface area (Å²) in [4.78, 5) is 10.7. The van der Waals surface area contributed by atoms with Crippen LogP contribution in [0.2, 0.25) is 0 Å². The minimum Gasteiger partial charge on any atom is -0.382 e. The largest absolute Gasteiger partial charge is 0.382 e. The molecule has 0 aliphatic rings. The molecule has 0 fully saturated rings. The van der Waals surface area contributed by atoms with Crippen molar-refractivity contribution in [1.29, 1.82) is 5.41 Å². The first-order chi connectivity index (χ1) is 8.58. The first-order valence-corrected chi connectivity index (χ1v) is 6.11. The van der Waals surface area contributed by atoms with Crippen LogP contribution in [0.1, 0.15) is 25.2 Å². The van der Waals surface area contributed by atoms with E-state index in [-0.39, 0.29) is 5.84 Å². The number of rotatable bonds is 7. The van der Waals surface area contributed by atoms with Gasteiger partial charge >= 0.3 is 0 Å². The van der Waals surface area contributed by atoms with Crippen molar-refractivity contribution in [3.63, 3.8) is 0 Å². The number of anilines is 1. The molecule has 3 N–H and O–H groups in total. The summed E-state index contributed by atoms with van der Waals surface area (Å²) in [6.07, 6.45) is 0. The van der Waals surface area contributed by atoms with Crippen LogP contribution in [0.5, 0.6) is 0 Å². The van der Waals surface area contributed by atoms with E-state index in [1.165, 1.54) is 0 Å². The van der Waals surface area contributed by atoms with Crippen molar-refractivity contribution in [2.24, 2.45) is 5.73 Å². The molecule has 0 aliphatic heterocycles. The minimum absolute atomic E-state index is 0.0392. The van der Waals surface area contributed by atoms with Gasteiger partial charge in [0.15, 0.2) is 0 Å². The van der Waals surface area contributed by atoms with Crippen molar-refractivity contribution in [3.8, 4) is 0 Å². The average Bonchev–Trinajstić information content (AvgIpc) is 2.34. The van der Waals surface area contributed by atoms with Gasteiger partial charge in [0, 0.05) is 25.4 Å². The highest BCUT2D eigenvalue weighted by atomic mass is 16.5. The minimum atomic E-state index is -0.0392. The summed E-state index contributed by atoms with van der Waals surface area (Å²) in [7, 11) is 0. The summed E-state index contributed by atoms with van der Waals surface area (Å²) < 4.78 is 5.33. The first kappa shape index (κ1) is 14.4. The number of nitrogen functional groups attached to an aromatic ring is 1. The number of nitrogens with one attached hydrogen (secondary N) is 1. The van der Waals surface area contributed by atoms with Crippen LogP contribution in [0.3, 0.4) is 0 Å². The topological polar surface area (TPSA) is 88.1 Å². The number of amidine groups is 1. The average molecular weight is 251 g/mol. The molecular weight excluding hydrogens is 230 g/mol. The number of nitrogens with two attached hydrogens (primary N) is 1. The number of aryl methyl sites for hydroxylation is 1. The second-order valence-corrected chi connectivity index (χ2v) is 3.88. The third-order valence-electron chi connectivity index (χ3n) is 2.49. The lowest BCUT2D eigenvalue weighted by Gasteiger charge is -2.21. The summed E-state index contributed by atoms with van der Waals surface area (Å²) in [5, 5.41) is 7.44. The standard InChI is InChI=1S/C12H21N5O/c1-4-17(6-7-18-5-2)12-15-9(3)8-10(16-12)11(13)14/h8H,4-7H2,1-3H3,(H3,13,14). The highest BCUT2D eigenvalue weighted by Crippen LogP contribution is 2.09. The van der Waals surface area contributed by atoms with E-state index in [9.17, 15) is 0 Å². The molecule has 0 saturated heterocycles. The van der Waals surface area contributed by atoms with Gasteiger partial charge in [0.1, 0.15) is 11.5 Å². The van der Waals surface area contributed by atoms with Crippen LogP contribution >= 0.6 is 0 Å². The van der Waals surface area contributed by atoms with Crippen molar-refractivity contribution < 1.29 is 4.74 Å². The Labute approximate surface area is 108 Å². The number of nitrogens with zero attached hydrogens (tertiary/aromatic N) is 3. The fourth-order valence-corrected chi connectivity index (χ4v) is 1.55. The smallest absolute Gasteiger partial charge is 0.226 e. The maximum absolute atomic E-state index is 7.44. The van der Waals surface area contributed by atoms with Crippen LogP contribution in [0, 0.1) is 12.3 Å². The summed E-state index contributed by atoms with van der Waals surface area (Å²) in [6.45, 7) is 8.72. The zero-order chi connectivity index (χ0) is 13.5. The second-order valence-electron chi connectivity index (χ2n) is 3.88. The maximum atomic E-state index is 7.44. The molecule has 0 aromatic carbocycles. The van der Waals surface area contributed by atoms with Crippen molar-refractivity contribution in [2.45, 2.75) is 20.8 Å². The van der Waals surface area contributed by atoms with E-state index in [1.807, 2.05) is 25.7 Å². The molecule has 1 rings (SSSR count). The molecule has 0 spiro atoms. The Bertz CT molecular complexity index is 407. The molecule has 6 heteroatoms. The summed E-state index contributed by atoms with van der Waals surface area (Å²) >= 11 is 0. The van der Waals surface area contributed by atoms with Crippen LogP contribution in [0.25, 0.3) is 0 Å². The molecule has 6 nitrogen and oxygen atoms in total. The monoisotopic (exact) mass is 251 g/mol. The van der Waals surface area contributed by atoms with E-state index in [4.69, 9.17) is 15.9 Å². The van der Waals surface area contributed by atoms with E-state index in [2.05, 4.69) is 9.97 Å². The second kappa shape index (κ2) is 6.90. The van der Waals surface area contributed by atoms with Crippen molar-refractivity contribution in [1.82, 2.24) is 9.97 Å². The SMILES string of the molecule is CCOCCN(CC)c1nc(C)cc(C(=N)N)n1. The van der Waals surface area contributed by atoms with Gasteiger partial charge in [-0.3, -0.25) is 5.41 Å². The Kier molecular flexibility index (Phi) is 5.51. The molecule has 0 radical (unpaired) electrons. The number of hydrogen-bond acceptors (Lipinski definition) is 5. The van der Waals surface area contributed by atoms with E-state index >= 15 is 0 Å². The van der Waals surface area contributed by atoms with Crippen molar-refractivity contribution in [3.05, 3.63) is 17.5 Å². The van der Waals surface area contributed by atoms with Crippen LogP contribution in [-0.4, -0.2) is 42.1 Å². The zero-order valence-electron chi connectivity index (χ0n) is 11.2. The summed E-state index contributed by atoms with van der Waals surface area (Å²) in [5.74, 6) is 0.560. The van der Waals surface area contributed by atoms with Gasteiger partial charge in [-0.05, 0) is 26.8 Å². The van der Waals surface area contributed by atoms with Crippen LogP contribution in [0.15, 0.2) is 6.07 Å². The first-order valence-electron chi connectivity index (χ1n) is 6.11. The molecule has 1 aromatic rings. The molecule has 1 heterocycles. The van der Waals surface area contributed by atoms with Crippen LogP contribution < -0.4 is 10.6 Å². The Balaban J connectivity index is 2.87. The number of hydrogen-bond donors (Lipinski definition) is 2. The number of likely N-dealkylation sites (N-methyl/N-ethyl adjacent to an activating group) is 1. The third-order valence-corrected chi connectivity index (χ3v) is 2.49. The molecule has 0 unspecified atom stereocenters. The van der Waals surface area contributed by atoms with E-state index < -0.39 is 0 Å². The van der Waals surface area contributed by atoms with Gasteiger partial charge < -0.3 is 15.4 Å². The third kappa shape index (κ3) is 3.96. The Morgan fingerprint density at radius 3 is 2.72 bits per heavy atom. The fraction of sp³-hybridized carbons (Fsp3) is 0.583. The van der Waals surface area contributed by atoms with Crippen LogP contribution in [0.4, 0.5) is 5.95 Å². The van der Waals surface area contributed by atoms with E-state index in [0.717, 1.165) is 18.8 Å². The Morgan fingerprint density at radius 1 is 1.44 bits per heavy atom. The van der Waals surface area contributed by atoms with Gasteiger partial charge in [-0.1, -0.05) is 0 Å². The van der Waals surface area contributed by atoms with Crippen molar-refractivity contribution in [2.75, 3.05) is 31.2 Å². The Hall–Kier alpha value is -1.69. The molecule has 0 aliphatic carbocycles. The summed E-state index contributed by atoms with van der Waals surface area (Å²) in [6, 6.07) is 1.71. The highest BCUT2D eigenvalue weighted by molar-refractivity contribution is 5.93. The molecular formula is C12H21N5O. The molecule has 100 valence electrons. The predicted octanol–water partition coefficient (Wildman–Crippen LogP) is 0.932. The molecule has 1 aromatic heterocycles. The molecule has 0 atom stereocenters. The van der Waals surface area contributed by atoms with E-state index in [1.54, 1.807) is 6.07 Å². The van der Waals surface area contributed by atoms with Gasteiger partial charge in [-0.25, -0.2) is 9.97 Å². The maximum Gasteiger partial charge on any atom is 0.226 e. The van der Waals surface area contributed by atoms with Gasteiger partial charge in [0.25, 0.3) is 0 Å². The number of ether oxygens (including phenoxy) is 1.